The van der Waals surface area contributed by atoms with Crippen LogP contribution >= 0.6 is 0 Å². The molecular weight excluding hydrogens is 387 g/mol. The predicted molar refractivity (Wildman–Crippen MR) is 99.5 cm³/mol. The van der Waals surface area contributed by atoms with Gasteiger partial charge in [-0.15, -0.1) is 0 Å². The van der Waals surface area contributed by atoms with Crippen LogP contribution in [0.1, 0.15) is 33.4 Å². The molecule has 3 aromatic rings. The highest BCUT2D eigenvalue weighted by molar-refractivity contribution is 6.02. The number of carbonyl (C=O) groups excluding carboxylic acids is 2. The summed E-state index contributed by atoms with van der Waals surface area (Å²) in [4.78, 5) is 24.0. The summed E-state index contributed by atoms with van der Waals surface area (Å²) in [7, 11) is 0. The van der Waals surface area contributed by atoms with Crippen molar-refractivity contribution in [2.24, 2.45) is 0 Å². The number of hydrogen-bond donors (Lipinski definition) is 1. The molecule has 0 aliphatic heterocycles. The first kappa shape index (κ1) is 20.2. The van der Waals surface area contributed by atoms with Gasteiger partial charge in [0.15, 0.2) is 5.76 Å². The fourth-order valence-corrected chi connectivity index (χ4v) is 2.65. The number of alkyl halides is 3. The first-order chi connectivity index (χ1) is 13.8. The van der Waals surface area contributed by atoms with Crippen LogP contribution in [-0.2, 0) is 10.9 Å². The summed E-state index contributed by atoms with van der Waals surface area (Å²) in [5.41, 5.74) is -0.292. The van der Waals surface area contributed by atoms with Crippen LogP contribution in [0.4, 0.5) is 18.9 Å². The largest absolute Gasteiger partial charge is 0.462 e. The topological polar surface area (TPSA) is 68.5 Å². The van der Waals surface area contributed by atoms with Crippen LogP contribution in [0.25, 0.3) is 11.3 Å². The molecule has 0 radical (unpaired) electrons. The Labute approximate surface area is 164 Å². The van der Waals surface area contributed by atoms with Crippen molar-refractivity contribution in [3.63, 3.8) is 0 Å². The Bertz CT molecular complexity index is 1020. The number of rotatable bonds is 5. The third-order valence-electron chi connectivity index (χ3n) is 3.98. The van der Waals surface area contributed by atoms with Crippen LogP contribution in [-0.4, -0.2) is 18.5 Å². The molecule has 0 aliphatic rings. The van der Waals surface area contributed by atoms with Crippen molar-refractivity contribution in [1.29, 1.82) is 0 Å². The average Bonchev–Trinajstić information content (AvgIpc) is 3.18. The van der Waals surface area contributed by atoms with Crippen molar-refractivity contribution in [3.05, 3.63) is 77.6 Å². The van der Waals surface area contributed by atoms with Crippen LogP contribution in [0.2, 0.25) is 0 Å². The van der Waals surface area contributed by atoms with Gasteiger partial charge in [0.25, 0.3) is 5.91 Å². The molecule has 1 heterocycles. The van der Waals surface area contributed by atoms with Gasteiger partial charge in [-0.2, -0.15) is 13.2 Å². The first-order valence-electron chi connectivity index (χ1n) is 8.64. The highest BCUT2D eigenvalue weighted by Crippen LogP contribution is 2.37. The van der Waals surface area contributed by atoms with Crippen molar-refractivity contribution in [1.82, 2.24) is 0 Å². The summed E-state index contributed by atoms with van der Waals surface area (Å²) in [6.07, 6.45) is -4.55. The van der Waals surface area contributed by atoms with E-state index in [0.717, 1.165) is 6.07 Å². The Morgan fingerprint density at radius 2 is 1.69 bits per heavy atom. The summed E-state index contributed by atoms with van der Waals surface area (Å²) < 4.78 is 49.7. The number of amides is 1. The third-order valence-corrected chi connectivity index (χ3v) is 3.98. The van der Waals surface area contributed by atoms with Gasteiger partial charge in [-0.25, -0.2) is 4.79 Å². The molecule has 0 spiro atoms. The van der Waals surface area contributed by atoms with Gasteiger partial charge in [-0.3, -0.25) is 4.79 Å². The van der Waals surface area contributed by atoms with E-state index in [1.165, 1.54) is 54.6 Å². The number of nitrogens with one attached hydrogen (secondary N) is 1. The average molecular weight is 403 g/mol. The van der Waals surface area contributed by atoms with Gasteiger partial charge in [-0.1, -0.05) is 18.2 Å². The zero-order valence-electron chi connectivity index (χ0n) is 15.2. The summed E-state index contributed by atoms with van der Waals surface area (Å²) in [6.45, 7) is 1.94. The number of ether oxygens (including phenoxy) is 1. The third kappa shape index (κ3) is 4.66. The fourth-order valence-electron chi connectivity index (χ4n) is 2.65. The maximum Gasteiger partial charge on any atom is 0.417 e. The van der Waals surface area contributed by atoms with E-state index in [1.54, 1.807) is 6.92 Å². The molecule has 5 nitrogen and oxygen atoms in total. The monoisotopic (exact) mass is 403 g/mol. The minimum Gasteiger partial charge on any atom is -0.462 e. The summed E-state index contributed by atoms with van der Waals surface area (Å²) in [5.74, 6) is -1.33. The number of benzene rings is 2. The zero-order valence-corrected chi connectivity index (χ0v) is 15.2. The van der Waals surface area contributed by atoms with Crippen LogP contribution in [0.15, 0.2) is 65.1 Å². The molecule has 8 heteroatoms. The number of esters is 1. The first-order valence-corrected chi connectivity index (χ1v) is 8.64. The Hall–Kier alpha value is -3.55. The number of carbonyl (C=O) groups is 2. The van der Waals surface area contributed by atoms with Crippen molar-refractivity contribution >= 4 is 17.6 Å². The van der Waals surface area contributed by atoms with Gasteiger partial charge in [0, 0.05) is 11.3 Å². The van der Waals surface area contributed by atoms with Crippen molar-refractivity contribution in [2.45, 2.75) is 13.1 Å². The van der Waals surface area contributed by atoms with Gasteiger partial charge >= 0.3 is 12.1 Å². The highest BCUT2D eigenvalue weighted by Gasteiger charge is 2.34. The quantitative estimate of drug-likeness (QED) is 0.580. The van der Waals surface area contributed by atoms with Crippen LogP contribution in [0.5, 0.6) is 0 Å². The Kier molecular flexibility index (Phi) is 5.72. The molecule has 0 atom stereocenters. The zero-order chi connectivity index (χ0) is 21.0. The second-order valence-corrected chi connectivity index (χ2v) is 5.96. The van der Waals surface area contributed by atoms with E-state index < -0.39 is 23.6 Å². The molecule has 1 aromatic heterocycles. The maximum atomic E-state index is 13.2. The van der Waals surface area contributed by atoms with Crippen LogP contribution in [0.3, 0.4) is 0 Å². The number of halogens is 3. The minimum atomic E-state index is -4.55. The van der Waals surface area contributed by atoms with E-state index in [9.17, 15) is 22.8 Å². The Morgan fingerprint density at radius 1 is 1.00 bits per heavy atom. The van der Waals surface area contributed by atoms with E-state index in [4.69, 9.17) is 9.15 Å². The molecule has 29 heavy (non-hydrogen) atoms. The molecule has 0 saturated heterocycles. The molecule has 0 bridgehead atoms. The lowest BCUT2D eigenvalue weighted by Crippen LogP contribution is -2.11. The van der Waals surface area contributed by atoms with Crippen LogP contribution in [0, 0.1) is 0 Å². The molecule has 0 fully saturated rings. The molecular formula is C21H16F3NO4. The molecule has 2 aromatic carbocycles. The van der Waals surface area contributed by atoms with E-state index >= 15 is 0 Å². The Morgan fingerprint density at radius 3 is 2.34 bits per heavy atom. The summed E-state index contributed by atoms with van der Waals surface area (Å²) in [6, 6.07) is 13.6. The van der Waals surface area contributed by atoms with Gasteiger partial charge in [0.1, 0.15) is 5.76 Å². The normalized spacial score (nSPS) is 11.2. The molecule has 0 saturated carbocycles. The van der Waals surface area contributed by atoms with Crippen molar-refractivity contribution in [3.8, 4) is 11.3 Å². The molecule has 1 N–H and O–H groups in total. The number of hydrogen-bond acceptors (Lipinski definition) is 4. The minimum absolute atomic E-state index is 0.0688. The lowest BCUT2D eigenvalue weighted by molar-refractivity contribution is -0.137. The van der Waals surface area contributed by atoms with E-state index in [1.807, 2.05) is 0 Å². The second-order valence-electron chi connectivity index (χ2n) is 5.96. The molecule has 0 aliphatic carbocycles. The predicted octanol–water partition coefficient (Wildman–Crippen LogP) is 5.39. The smallest absolute Gasteiger partial charge is 0.417 e. The summed E-state index contributed by atoms with van der Waals surface area (Å²) in [5, 5.41) is 2.56. The summed E-state index contributed by atoms with van der Waals surface area (Å²) >= 11 is 0. The fraction of sp³-hybridized carbons (Fsp3) is 0.143. The molecule has 150 valence electrons. The van der Waals surface area contributed by atoms with Crippen molar-refractivity contribution in [2.75, 3.05) is 11.9 Å². The number of furan rings is 1. The lowest BCUT2D eigenvalue weighted by Gasteiger charge is -2.10. The number of anilines is 1. The second kappa shape index (κ2) is 8.22. The maximum absolute atomic E-state index is 13.2. The Balaban J connectivity index is 1.76. The molecule has 1 amide bonds. The van der Waals surface area contributed by atoms with E-state index in [2.05, 4.69) is 5.32 Å². The lowest BCUT2D eigenvalue weighted by atomic mass is 10.1. The standard InChI is InChI=1S/C21H16F3NO4/c1-2-28-20(27)13-7-9-14(10-8-13)25-19(26)18-12-11-17(29-18)15-5-3-4-6-16(15)21(22,23)24/h3-12H,2H2,1H3,(H,25,26). The highest BCUT2D eigenvalue weighted by atomic mass is 19.4. The molecule has 3 rings (SSSR count). The van der Waals surface area contributed by atoms with E-state index in [-0.39, 0.29) is 23.7 Å². The van der Waals surface area contributed by atoms with Crippen molar-refractivity contribution < 1.29 is 31.9 Å². The van der Waals surface area contributed by atoms with Gasteiger partial charge in [0.2, 0.25) is 0 Å². The van der Waals surface area contributed by atoms with Gasteiger partial charge < -0.3 is 14.5 Å². The van der Waals surface area contributed by atoms with Gasteiger partial charge in [0.05, 0.1) is 17.7 Å². The van der Waals surface area contributed by atoms with Gasteiger partial charge in [-0.05, 0) is 49.4 Å². The SMILES string of the molecule is CCOC(=O)c1ccc(NC(=O)c2ccc(-c3ccccc3C(F)(F)F)o2)cc1. The van der Waals surface area contributed by atoms with Crippen LogP contribution < -0.4 is 5.32 Å². The van der Waals surface area contributed by atoms with E-state index in [0.29, 0.717) is 11.3 Å². The molecule has 0 unspecified atom stereocenters.